The van der Waals surface area contributed by atoms with Crippen LogP contribution in [0.1, 0.15) is 77.1 Å². The van der Waals surface area contributed by atoms with Crippen LogP contribution in [0.3, 0.4) is 0 Å². The third-order valence-electron chi connectivity index (χ3n) is 11.7. The molecule has 0 saturated carbocycles. The van der Waals surface area contributed by atoms with Gasteiger partial charge in [-0.1, -0.05) is 39.8 Å². The molecule has 2 aliphatic rings. The van der Waals surface area contributed by atoms with Gasteiger partial charge in [-0.2, -0.15) is 0 Å². The van der Waals surface area contributed by atoms with Crippen molar-refractivity contribution >= 4 is 51.2 Å². The van der Waals surface area contributed by atoms with Gasteiger partial charge in [0.05, 0.1) is 54.0 Å². The third kappa shape index (κ3) is 7.37. The van der Waals surface area contributed by atoms with Gasteiger partial charge in [0.1, 0.15) is 35.9 Å². The fourth-order valence-corrected chi connectivity index (χ4v) is 8.63. The molecule has 6 heterocycles. The lowest BCUT2D eigenvalue weighted by Gasteiger charge is -2.30. The SMILES string of the molecule is COC(=O)NC(C(=O)N1CCCC1c1ncc(-c2ccc3c(c2)oc(=O)n2c4ccc(-c5cnc(C6CCCN6C(=O)C(NC(=O)CO)C(C)C)[nH]5)cc4cc32)[nH]1)C(C)C. The van der Waals surface area contributed by atoms with Crippen molar-refractivity contribution in [3.8, 4) is 22.5 Å². The summed E-state index contributed by atoms with van der Waals surface area (Å²) in [5, 5.41) is 16.2. The molecule has 8 rings (SSSR count). The molecule has 6 aromatic rings. The number of aliphatic hydroxyl groups excluding tert-OH is 1. The Morgan fingerprint density at radius 2 is 1.38 bits per heavy atom. The molecule has 0 spiro atoms. The Labute approximate surface area is 344 Å². The number of likely N-dealkylation sites (tertiary alicyclic amines) is 2. The standard InChI is InChI=1S/C43H49N9O8/c1-22(2)36(48-35(54)21-53)40(55)50-14-6-8-31(50)38-44-19-28(46-38)24-11-13-30-26(16-24)17-33-27-12-10-25(18-34(27)60-43(58)52(30)33)29-20-45-39(47-29)32-9-7-15-51(32)41(56)37(23(3)4)49-42(57)59-5/h10-13,16-20,22-23,31-32,36-37,53H,6-9,14-15,21H2,1-5H3,(H,44,46)(H,45,47)(H,48,54)(H,49,57). The number of nitrogens with one attached hydrogen (secondary N) is 4. The molecule has 0 aliphatic carbocycles. The van der Waals surface area contributed by atoms with Crippen molar-refractivity contribution in [2.24, 2.45) is 11.8 Å². The Kier molecular flexibility index (Phi) is 10.9. The van der Waals surface area contributed by atoms with Crippen LogP contribution in [0.15, 0.2) is 64.1 Å². The summed E-state index contributed by atoms with van der Waals surface area (Å²) in [7, 11) is 1.27. The lowest BCUT2D eigenvalue weighted by atomic mass is 10.0. The van der Waals surface area contributed by atoms with Gasteiger partial charge in [-0.3, -0.25) is 14.4 Å². The molecule has 4 aromatic heterocycles. The number of alkyl carbamates (subject to hydrolysis) is 1. The van der Waals surface area contributed by atoms with Crippen LogP contribution in [0, 0.1) is 11.8 Å². The number of benzene rings is 2. The number of aromatic nitrogens is 5. The maximum absolute atomic E-state index is 13.6. The first kappa shape index (κ1) is 40.3. The molecule has 2 saturated heterocycles. The average molecular weight is 820 g/mol. The molecule has 4 unspecified atom stereocenters. The first-order chi connectivity index (χ1) is 28.9. The van der Waals surface area contributed by atoms with Gasteiger partial charge in [0.25, 0.3) is 0 Å². The number of nitrogens with zero attached hydrogens (tertiary/aromatic N) is 5. The first-order valence-corrected chi connectivity index (χ1v) is 20.3. The molecular formula is C43H49N9O8. The Hall–Kier alpha value is -6.49. The summed E-state index contributed by atoms with van der Waals surface area (Å²) in [5.74, 6) is -0.585. The van der Waals surface area contributed by atoms with Crippen LogP contribution in [0.25, 0.3) is 49.9 Å². The van der Waals surface area contributed by atoms with Gasteiger partial charge < -0.3 is 44.7 Å². The zero-order valence-corrected chi connectivity index (χ0v) is 34.2. The Bertz CT molecular complexity index is 2670. The van der Waals surface area contributed by atoms with Crippen molar-refractivity contribution < 1.29 is 33.4 Å². The molecule has 17 nitrogen and oxygen atoms in total. The molecule has 2 aromatic carbocycles. The number of H-pyrrole nitrogens is 2. The number of methoxy groups -OCH3 is 1. The van der Waals surface area contributed by atoms with Gasteiger partial charge in [-0.15, -0.1) is 0 Å². The van der Waals surface area contributed by atoms with Gasteiger partial charge in [0.2, 0.25) is 17.7 Å². The molecule has 0 bridgehead atoms. The predicted molar refractivity (Wildman–Crippen MR) is 222 cm³/mol. The van der Waals surface area contributed by atoms with E-state index in [1.807, 2.05) is 64.1 Å². The number of hydrogen-bond acceptors (Lipinski definition) is 10. The number of aliphatic hydroxyl groups is 1. The number of imidazole rings is 2. The number of amides is 4. The topological polar surface area (TPSA) is 220 Å². The van der Waals surface area contributed by atoms with Crippen molar-refractivity contribution in [3.05, 3.63) is 77.1 Å². The zero-order chi connectivity index (χ0) is 42.4. The maximum atomic E-state index is 13.6. The summed E-state index contributed by atoms with van der Waals surface area (Å²) in [6, 6.07) is 11.3. The van der Waals surface area contributed by atoms with E-state index < -0.39 is 36.4 Å². The number of hydrogen-bond donors (Lipinski definition) is 5. The van der Waals surface area contributed by atoms with E-state index >= 15 is 0 Å². The van der Waals surface area contributed by atoms with Crippen molar-refractivity contribution in [2.75, 3.05) is 26.8 Å². The second-order valence-corrected chi connectivity index (χ2v) is 16.3. The quantitative estimate of drug-likeness (QED) is 0.120. The second kappa shape index (κ2) is 16.3. The smallest absolute Gasteiger partial charge is 0.424 e. The molecular weight excluding hydrogens is 771 g/mol. The third-order valence-corrected chi connectivity index (χ3v) is 11.7. The van der Waals surface area contributed by atoms with Crippen molar-refractivity contribution in [1.29, 1.82) is 0 Å². The summed E-state index contributed by atoms with van der Waals surface area (Å²) in [5.41, 5.74) is 4.81. The fraction of sp³-hybridized carbons (Fsp3) is 0.419. The summed E-state index contributed by atoms with van der Waals surface area (Å²) in [6.07, 6.45) is 5.79. The van der Waals surface area contributed by atoms with Crippen LogP contribution in [-0.2, 0) is 19.1 Å². The van der Waals surface area contributed by atoms with Crippen LogP contribution in [0.5, 0.6) is 0 Å². The van der Waals surface area contributed by atoms with E-state index in [0.29, 0.717) is 59.9 Å². The van der Waals surface area contributed by atoms with Gasteiger partial charge >= 0.3 is 11.8 Å². The Morgan fingerprint density at radius 1 is 0.817 bits per heavy atom. The average Bonchev–Trinajstić information content (AvgIpc) is 4.09. The number of fused-ring (bicyclic) bond motifs is 5. The summed E-state index contributed by atoms with van der Waals surface area (Å²) < 4.78 is 12.2. The monoisotopic (exact) mass is 819 g/mol. The van der Waals surface area contributed by atoms with E-state index in [-0.39, 0.29) is 35.7 Å². The van der Waals surface area contributed by atoms with Crippen LogP contribution >= 0.6 is 0 Å². The molecule has 4 amide bonds. The number of aromatic amines is 2. The number of carbonyl (C=O) groups is 4. The highest BCUT2D eigenvalue weighted by atomic mass is 16.5. The lowest BCUT2D eigenvalue weighted by Crippen LogP contribution is -2.51. The van der Waals surface area contributed by atoms with Gasteiger partial charge in [0, 0.05) is 35.0 Å². The van der Waals surface area contributed by atoms with E-state index in [1.165, 1.54) is 7.11 Å². The van der Waals surface area contributed by atoms with Gasteiger partial charge in [-0.05, 0) is 67.9 Å². The molecule has 60 heavy (non-hydrogen) atoms. The summed E-state index contributed by atoms with van der Waals surface area (Å²) in [6.45, 7) is 7.83. The highest BCUT2D eigenvalue weighted by Gasteiger charge is 2.39. The lowest BCUT2D eigenvalue weighted by molar-refractivity contribution is -0.139. The second-order valence-electron chi connectivity index (χ2n) is 16.3. The first-order valence-electron chi connectivity index (χ1n) is 20.3. The minimum absolute atomic E-state index is 0.150. The van der Waals surface area contributed by atoms with E-state index in [9.17, 15) is 29.1 Å². The zero-order valence-electron chi connectivity index (χ0n) is 34.2. The van der Waals surface area contributed by atoms with Crippen molar-refractivity contribution in [2.45, 2.75) is 77.5 Å². The fourth-order valence-electron chi connectivity index (χ4n) is 8.63. The van der Waals surface area contributed by atoms with E-state index in [2.05, 4.69) is 30.6 Å². The molecule has 0 radical (unpaired) electrons. The normalized spacial score (nSPS) is 17.9. The summed E-state index contributed by atoms with van der Waals surface area (Å²) >= 11 is 0. The number of carbonyl (C=O) groups excluding carboxylic acids is 4. The minimum atomic E-state index is -0.765. The molecule has 2 fully saturated rings. The van der Waals surface area contributed by atoms with E-state index in [1.54, 1.807) is 32.7 Å². The molecule has 2 aliphatic heterocycles. The number of rotatable bonds is 11. The van der Waals surface area contributed by atoms with Gasteiger partial charge in [0.15, 0.2) is 0 Å². The Balaban J connectivity index is 1.04. The van der Waals surface area contributed by atoms with Crippen LogP contribution < -0.4 is 16.4 Å². The summed E-state index contributed by atoms with van der Waals surface area (Å²) in [4.78, 5) is 84.4. The number of ether oxygens (including phenoxy) is 1. The van der Waals surface area contributed by atoms with Crippen molar-refractivity contribution in [1.82, 2.24) is 44.8 Å². The molecule has 5 N–H and O–H groups in total. The largest absolute Gasteiger partial charge is 0.453 e. The maximum Gasteiger partial charge on any atom is 0.424 e. The minimum Gasteiger partial charge on any atom is -0.453 e. The van der Waals surface area contributed by atoms with E-state index in [4.69, 9.17) is 9.15 Å². The highest BCUT2D eigenvalue weighted by molar-refractivity contribution is 6.01. The van der Waals surface area contributed by atoms with Gasteiger partial charge in [-0.25, -0.2) is 24.0 Å². The Morgan fingerprint density at radius 3 is 1.95 bits per heavy atom. The van der Waals surface area contributed by atoms with Crippen LogP contribution in [-0.4, -0.2) is 102 Å². The van der Waals surface area contributed by atoms with Crippen LogP contribution in [0.4, 0.5) is 4.79 Å². The highest BCUT2D eigenvalue weighted by Crippen LogP contribution is 2.36. The molecule has 17 heteroatoms. The molecule has 314 valence electrons. The predicted octanol–water partition coefficient (Wildman–Crippen LogP) is 4.82. The molecule has 4 atom stereocenters. The van der Waals surface area contributed by atoms with Crippen LogP contribution in [0.2, 0.25) is 0 Å². The van der Waals surface area contributed by atoms with E-state index in [0.717, 1.165) is 40.4 Å². The van der Waals surface area contributed by atoms with Crippen molar-refractivity contribution in [3.63, 3.8) is 0 Å².